The van der Waals surface area contributed by atoms with Gasteiger partial charge in [-0.05, 0) is 18.8 Å². The Labute approximate surface area is 57.1 Å². The Hall–Kier alpha value is -0.0400. The van der Waals surface area contributed by atoms with Gasteiger partial charge in [-0.25, -0.2) is 0 Å². The lowest BCUT2D eigenvalue weighted by Crippen LogP contribution is -2.23. The van der Waals surface area contributed by atoms with E-state index in [9.17, 15) is 5.11 Å². The van der Waals surface area contributed by atoms with Crippen LogP contribution in [-0.4, -0.2) is 11.2 Å². The van der Waals surface area contributed by atoms with Crippen LogP contribution in [0, 0.1) is 5.92 Å². The molecular weight excluding hydrogens is 112 g/mol. The summed E-state index contributed by atoms with van der Waals surface area (Å²) in [6.45, 7) is 2.17. The van der Waals surface area contributed by atoms with E-state index >= 15 is 0 Å². The summed E-state index contributed by atoms with van der Waals surface area (Å²) in [6.07, 6.45) is 6.02. The summed E-state index contributed by atoms with van der Waals surface area (Å²) in [5.74, 6) is 0.610. The average Bonchev–Trinajstić information content (AvgIpc) is 1.89. The first-order valence-electron chi connectivity index (χ1n) is 4.02. The molecular formula is C8H16O. The molecule has 0 amide bonds. The maximum atomic E-state index is 9.37. The average molecular weight is 128 g/mol. The van der Waals surface area contributed by atoms with Crippen LogP contribution in [0.25, 0.3) is 0 Å². The largest absolute Gasteiger partial charge is 0.393 e. The predicted molar refractivity (Wildman–Crippen MR) is 38.3 cm³/mol. The first-order valence-corrected chi connectivity index (χ1v) is 4.02. The van der Waals surface area contributed by atoms with Crippen molar-refractivity contribution in [3.8, 4) is 0 Å². The summed E-state index contributed by atoms with van der Waals surface area (Å²) >= 11 is 0. The second kappa shape index (κ2) is 3.21. The molecule has 0 bridgehead atoms. The molecule has 54 valence electrons. The van der Waals surface area contributed by atoms with Gasteiger partial charge in [0, 0.05) is 0 Å². The van der Waals surface area contributed by atoms with Crippen molar-refractivity contribution in [2.75, 3.05) is 0 Å². The van der Waals surface area contributed by atoms with Gasteiger partial charge >= 0.3 is 0 Å². The standard InChI is InChI=1S/C8H16O/c1-2-7-5-3-4-6-8(7)9/h7-9H,2-6H2,1H3/t7-,8+/m1/s1. The van der Waals surface area contributed by atoms with Crippen molar-refractivity contribution < 1.29 is 5.11 Å². The van der Waals surface area contributed by atoms with Crippen LogP contribution in [0.15, 0.2) is 0 Å². The Kier molecular flexibility index (Phi) is 2.52. The van der Waals surface area contributed by atoms with Crippen molar-refractivity contribution in [1.82, 2.24) is 0 Å². The van der Waals surface area contributed by atoms with Crippen LogP contribution in [0.5, 0.6) is 0 Å². The summed E-state index contributed by atoms with van der Waals surface area (Å²) in [5.41, 5.74) is 0. The number of aliphatic hydroxyl groups is 1. The van der Waals surface area contributed by atoms with E-state index in [2.05, 4.69) is 6.92 Å². The number of hydrogen-bond acceptors (Lipinski definition) is 1. The van der Waals surface area contributed by atoms with Crippen molar-refractivity contribution in [2.45, 2.75) is 45.1 Å². The van der Waals surface area contributed by atoms with E-state index < -0.39 is 0 Å². The lowest BCUT2D eigenvalue weighted by atomic mass is 9.85. The lowest BCUT2D eigenvalue weighted by Gasteiger charge is -2.25. The maximum absolute atomic E-state index is 9.37. The van der Waals surface area contributed by atoms with Gasteiger partial charge in [0.25, 0.3) is 0 Å². The van der Waals surface area contributed by atoms with Crippen LogP contribution in [0.4, 0.5) is 0 Å². The van der Waals surface area contributed by atoms with Gasteiger partial charge in [-0.2, -0.15) is 0 Å². The number of rotatable bonds is 1. The molecule has 0 spiro atoms. The molecule has 1 saturated carbocycles. The Morgan fingerprint density at radius 1 is 1.33 bits per heavy atom. The minimum atomic E-state index is 0.0174. The molecule has 0 unspecified atom stereocenters. The fourth-order valence-electron chi connectivity index (χ4n) is 1.66. The highest BCUT2D eigenvalue weighted by molar-refractivity contribution is 4.72. The van der Waals surface area contributed by atoms with Gasteiger partial charge in [0.15, 0.2) is 0 Å². The monoisotopic (exact) mass is 128 g/mol. The minimum Gasteiger partial charge on any atom is -0.393 e. The topological polar surface area (TPSA) is 20.2 Å². The van der Waals surface area contributed by atoms with E-state index in [1.165, 1.54) is 19.3 Å². The predicted octanol–water partition coefficient (Wildman–Crippen LogP) is 1.95. The van der Waals surface area contributed by atoms with Crippen LogP contribution < -0.4 is 0 Å². The lowest BCUT2D eigenvalue weighted by molar-refractivity contribution is 0.0680. The van der Waals surface area contributed by atoms with Crippen LogP contribution in [0.1, 0.15) is 39.0 Å². The number of aliphatic hydroxyl groups excluding tert-OH is 1. The molecule has 2 atom stereocenters. The molecule has 0 saturated heterocycles. The van der Waals surface area contributed by atoms with Gasteiger partial charge in [-0.1, -0.05) is 26.2 Å². The molecule has 1 heteroatoms. The van der Waals surface area contributed by atoms with Gasteiger partial charge in [0.1, 0.15) is 0 Å². The summed E-state index contributed by atoms with van der Waals surface area (Å²) in [4.78, 5) is 0. The molecule has 1 aliphatic carbocycles. The molecule has 0 aliphatic heterocycles. The zero-order valence-electron chi connectivity index (χ0n) is 6.14. The minimum absolute atomic E-state index is 0.0174. The maximum Gasteiger partial charge on any atom is 0.0568 e. The number of hydrogen-bond donors (Lipinski definition) is 1. The molecule has 1 fully saturated rings. The van der Waals surface area contributed by atoms with Gasteiger partial charge in [0.05, 0.1) is 6.10 Å². The summed E-state index contributed by atoms with van der Waals surface area (Å²) in [6, 6.07) is 0. The molecule has 0 radical (unpaired) electrons. The molecule has 1 rings (SSSR count). The molecule has 0 heterocycles. The highest BCUT2D eigenvalue weighted by atomic mass is 16.3. The van der Waals surface area contributed by atoms with E-state index in [0.29, 0.717) is 5.92 Å². The van der Waals surface area contributed by atoms with Crippen molar-refractivity contribution in [1.29, 1.82) is 0 Å². The van der Waals surface area contributed by atoms with Crippen molar-refractivity contribution >= 4 is 0 Å². The third-order valence-electron chi connectivity index (χ3n) is 2.39. The van der Waals surface area contributed by atoms with Gasteiger partial charge in [-0.15, -0.1) is 0 Å². The van der Waals surface area contributed by atoms with E-state index in [-0.39, 0.29) is 6.10 Å². The molecule has 1 nitrogen and oxygen atoms in total. The van der Waals surface area contributed by atoms with Gasteiger partial charge in [-0.3, -0.25) is 0 Å². The van der Waals surface area contributed by atoms with Crippen LogP contribution in [-0.2, 0) is 0 Å². The van der Waals surface area contributed by atoms with Crippen molar-refractivity contribution in [2.24, 2.45) is 5.92 Å². The third kappa shape index (κ3) is 1.68. The van der Waals surface area contributed by atoms with E-state index in [4.69, 9.17) is 0 Å². The Balaban J connectivity index is 2.30. The molecule has 1 N–H and O–H groups in total. The highest BCUT2D eigenvalue weighted by Gasteiger charge is 2.20. The quantitative estimate of drug-likeness (QED) is 0.572. The van der Waals surface area contributed by atoms with Crippen molar-refractivity contribution in [3.63, 3.8) is 0 Å². The van der Waals surface area contributed by atoms with E-state index in [0.717, 1.165) is 12.8 Å². The first-order chi connectivity index (χ1) is 4.34. The molecule has 0 aromatic carbocycles. The van der Waals surface area contributed by atoms with E-state index in [1.54, 1.807) is 0 Å². The fraction of sp³-hybridized carbons (Fsp3) is 1.00. The second-order valence-corrected chi connectivity index (χ2v) is 3.02. The second-order valence-electron chi connectivity index (χ2n) is 3.02. The zero-order valence-corrected chi connectivity index (χ0v) is 6.14. The molecule has 0 aromatic rings. The Morgan fingerprint density at radius 3 is 2.44 bits per heavy atom. The van der Waals surface area contributed by atoms with Gasteiger partial charge in [0.2, 0.25) is 0 Å². The highest BCUT2D eigenvalue weighted by Crippen LogP contribution is 2.26. The van der Waals surface area contributed by atoms with E-state index in [1.807, 2.05) is 0 Å². The normalized spacial score (nSPS) is 36.7. The Morgan fingerprint density at radius 2 is 2.00 bits per heavy atom. The smallest absolute Gasteiger partial charge is 0.0568 e. The molecule has 0 aromatic heterocycles. The van der Waals surface area contributed by atoms with Crippen LogP contribution >= 0.6 is 0 Å². The summed E-state index contributed by atoms with van der Waals surface area (Å²) in [7, 11) is 0. The van der Waals surface area contributed by atoms with Crippen molar-refractivity contribution in [3.05, 3.63) is 0 Å². The van der Waals surface area contributed by atoms with Crippen LogP contribution in [0.2, 0.25) is 0 Å². The SMILES string of the molecule is CC[C@@H]1CCCC[C@@H]1O. The fourth-order valence-corrected chi connectivity index (χ4v) is 1.66. The molecule has 9 heavy (non-hydrogen) atoms. The van der Waals surface area contributed by atoms with Crippen LogP contribution in [0.3, 0.4) is 0 Å². The molecule has 1 aliphatic rings. The zero-order chi connectivity index (χ0) is 6.69. The first kappa shape index (κ1) is 7.07. The summed E-state index contributed by atoms with van der Waals surface area (Å²) < 4.78 is 0. The Bertz CT molecular complexity index is 80.6. The van der Waals surface area contributed by atoms with Gasteiger partial charge < -0.3 is 5.11 Å². The third-order valence-corrected chi connectivity index (χ3v) is 2.39. The summed E-state index contributed by atoms with van der Waals surface area (Å²) in [5, 5.41) is 9.37.